The molecule has 2 aliphatic heterocycles. The standard InChI is InChI=1S/C29H29FN2O3/c30-24-12-14-25(15-13-24)32-21-29(35-20-26(32)33)16-7-18-31(19-17-29)28(34)27(22-8-3-1-4-9-22)23-10-5-2-6-11-23/h1-6,8-15,27H,7,16-21H2/t29-/m1/s1. The van der Waals surface area contributed by atoms with Crippen LogP contribution in [0.25, 0.3) is 0 Å². The monoisotopic (exact) mass is 472 g/mol. The Morgan fingerprint density at radius 3 is 2.11 bits per heavy atom. The summed E-state index contributed by atoms with van der Waals surface area (Å²) >= 11 is 0. The Hall–Kier alpha value is -3.51. The van der Waals surface area contributed by atoms with E-state index in [4.69, 9.17) is 4.74 Å². The van der Waals surface area contributed by atoms with Crippen LogP contribution in [0.2, 0.25) is 0 Å². The molecule has 2 heterocycles. The minimum absolute atomic E-state index is 0.0119. The number of morpholine rings is 1. The van der Waals surface area contributed by atoms with Gasteiger partial charge in [-0.2, -0.15) is 0 Å². The van der Waals surface area contributed by atoms with Crippen LogP contribution in [0, 0.1) is 5.82 Å². The zero-order chi connectivity index (χ0) is 24.3. The number of anilines is 1. The molecule has 5 nitrogen and oxygen atoms in total. The lowest BCUT2D eigenvalue weighted by Crippen LogP contribution is -2.55. The number of likely N-dealkylation sites (tertiary alicyclic amines) is 1. The van der Waals surface area contributed by atoms with Gasteiger partial charge in [-0.25, -0.2) is 4.39 Å². The minimum atomic E-state index is -0.522. The second kappa shape index (κ2) is 10.0. The molecule has 2 amide bonds. The molecular formula is C29H29FN2O3. The molecule has 2 saturated heterocycles. The van der Waals surface area contributed by atoms with Crippen LogP contribution >= 0.6 is 0 Å². The van der Waals surface area contributed by atoms with E-state index in [1.807, 2.05) is 65.6 Å². The number of ether oxygens (including phenoxy) is 1. The van der Waals surface area contributed by atoms with E-state index in [0.29, 0.717) is 31.7 Å². The Bertz CT molecular complexity index is 1130. The summed E-state index contributed by atoms with van der Waals surface area (Å²) < 4.78 is 19.5. The van der Waals surface area contributed by atoms with Crippen molar-refractivity contribution in [1.82, 2.24) is 4.90 Å². The highest BCUT2D eigenvalue weighted by atomic mass is 19.1. The molecule has 0 aliphatic carbocycles. The van der Waals surface area contributed by atoms with Crippen molar-refractivity contribution in [1.29, 1.82) is 0 Å². The van der Waals surface area contributed by atoms with Crippen LogP contribution in [0.5, 0.6) is 0 Å². The number of carbonyl (C=O) groups excluding carboxylic acids is 2. The van der Waals surface area contributed by atoms with Gasteiger partial charge >= 0.3 is 0 Å². The number of carbonyl (C=O) groups is 2. The number of halogens is 1. The van der Waals surface area contributed by atoms with Gasteiger partial charge < -0.3 is 14.5 Å². The first-order valence-electron chi connectivity index (χ1n) is 12.1. The first-order valence-corrected chi connectivity index (χ1v) is 12.1. The highest BCUT2D eigenvalue weighted by Gasteiger charge is 2.42. The van der Waals surface area contributed by atoms with Crippen LogP contribution in [0.4, 0.5) is 10.1 Å². The summed E-state index contributed by atoms with van der Waals surface area (Å²) in [6, 6.07) is 25.8. The van der Waals surface area contributed by atoms with Crippen molar-refractivity contribution in [2.75, 3.05) is 31.1 Å². The number of nitrogens with zero attached hydrogens (tertiary/aromatic N) is 2. The number of benzene rings is 3. The number of rotatable bonds is 4. The minimum Gasteiger partial charge on any atom is -0.363 e. The van der Waals surface area contributed by atoms with Crippen molar-refractivity contribution in [3.63, 3.8) is 0 Å². The van der Waals surface area contributed by atoms with E-state index in [0.717, 1.165) is 24.0 Å². The largest absolute Gasteiger partial charge is 0.363 e. The van der Waals surface area contributed by atoms with E-state index >= 15 is 0 Å². The Kier molecular flexibility index (Phi) is 6.64. The highest BCUT2D eigenvalue weighted by molar-refractivity contribution is 5.95. The van der Waals surface area contributed by atoms with Crippen LogP contribution in [0.3, 0.4) is 0 Å². The third-order valence-corrected chi connectivity index (χ3v) is 7.11. The Labute approximate surface area is 205 Å². The fourth-order valence-electron chi connectivity index (χ4n) is 5.21. The molecule has 3 aromatic rings. The first-order chi connectivity index (χ1) is 17.0. The van der Waals surface area contributed by atoms with Crippen molar-refractivity contribution in [3.8, 4) is 0 Å². The zero-order valence-corrected chi connectivity index (χ0v) is 19.6. The second-order valence-electron chi connectivity index (χ2n) is 9.36. The molecule has 180 valence electrons. The van der Waals surface area contributed by atoms with E-state index in [2.05, 4.69) is 0 Å². The van der Waals surface area contributed by atoms with Crippen molar-refractivity contribution in [2.45, 2.75) is 30.8 Å². The lowest BCUT2D eigenvalue weighted by Gasteiger charge is -2.42. The summed E-state index contributed by atoms with van der Waals surface area (Å²) in [5.41, 5.74) is 2.10. The molecule has 0 unspecified atom stereocenters. The van der Waals surface area contributed by atoms with Gasteiger partial charge in [-0.1, -0.05) is 60.7 Å². The average Bonchev–Trinajstić information content (AvgIpc) is 3.10. The number of amides is 2. The fourth-order valence-corrected chi connectivity index (χ4v) is 5.21. The molecule has 2 fully saturated rings. The molecule has 2 aliphatic rings. The predicted molar refractivity (Wildman–Crippen MR) is 133 cm³/mol. The van der Waals surface area contributed by atoms with Gasteiger partial charge in [0.25, 0.3) is 5.91 Å². The van der Waals surface area contributed by atoms with Gasteiger partial charge in [-0.05, 0) is 54.7 Å². The van der Waals surface area contributed by atoms with Gasteiger partial charge in [0.1, 0.15) is 12.4 Å². The molecule has 1 atom stereocenters. The molecule has 0 N–H and O–H groups in total. The summed E-state index contributed by atoms with van der Waals surface area (Å²) in [4.78, 5) is 30.1. The third-order valence-electron chi connectivity index (χ3n) is 7.11. The molecule has 0 radical (unpaired) electrons. The van der Waals surface area contributed by atoms with Crippen molar-refractivity contribution in [2.24, 2.45) is 0 Å². The molecule has 0 aromatic heterocycles. The lowest BCUT2D eigenvalue weighted by atomic mass is 9.90. The summed E-state index contributed by atoms with van der Waals surface area (Å²) in [5, 5.41) is 0. The molecule has 0 saturated carbocycles. The van der Waals surface area contributed by atoms with Crippen LogP contribution in [0.1, 0.15) is 36.3 Å². The van der Waals surface area contributed by atoms with Crippen molar-refractivity contribution in [3.05, 3.63) is 102 Å². The Balaban J connectivity index is 1.35. The lowest BCUT2D eigenvalue weighted by molar-refractivity contribution is -0.141. The highest BCUT2D eigenvalue weighted by Crippen LogP contribution is 2.34. The SMILES string of the molecule is O=C(C(c1ccccc1)c1ccccc1)N1CCC[C@@]2(CC1)CN(c1ccc(F)cc1)C(=O)CO2. The van der Waals surface area contributed by atoms with E-state index in [1.165, 1.54) is 12.1 Å². The van der Waals surface area contributed by atoms with Gasteiger partial charge in [0.15, 0.2) is 0 Å². The molecule has 1 spiro atoms. The van der Waals surface area contributed by atoms with Crippen LogP contribution in [-0.2, 0) is 14.3 Å². The Morgan fingerprint density at radius 1 is 0.857 bits per heavy atom. The van der Waals surface area contributed by atoms with Crippen molar-refractivity contribution >= 4 is 17.5 Å². The molecule has 35 heavy (non-hydrogen) atoms. The smallest absolute Gasteiger partial charge is 0.253 e. The van der Waals surface area contributed by atoms with Gasteiger partial charge in [0.05, 0.1) is 18.1 Å². The summed E-state index contributed by atoms with van der Waals surface area (Å²) in [6.07, 6.45) is 2.18. The Morgan fingerprint density at radius 2 is 1.49 bits per heavy atom. The molecule has 3 aromatic carbocycles. The van der Waals surface area contributed by atoms with Gasteiger partial charge in [-0.3, -0.25) is 9.59 Å². The normalized spacial score (nSPS) is 20.8. The van der Waals surface area contributed by atoms with Gasteiger partial charge in [-0.15, -0.1) is 0 Å². The topological polar surface area (TPSA) is 49.9 Å². The molecular weight excluding hydrogens is 443 g/mol. The zero-order valence-electron chi connectivity index (χ0n) is 19.6. The molecule has 5 rings (SSSR count). The van der Waals surface area contributed by atoms with Crippen molar-refractivity contribution < 1.29 is 18.7 Å². The van der Waals surface area contributed by atoms with E-state index < -0.39 is 5.60 Å². The van der Waals surface area contributed by atoms with Gasteiger partial charge in [0, 0.05) is 18.8 Å². The molecule has 0 bridgehead atoms. The van der Waals surface area contributed by atoms with E-state index in [-0.39, 0.29) is 30.2 Å². The number of hydrogen-bond donors (Lipinski definition) is 0. The molecule has 6 heteroatoms. The maximum atomic E-state index is 13.9. The van der Waals surface area contributed by atoms with Crippen LogP contribution < -0.4 is 4.90 Å². The van der Waals surface area contributed by atoms with Crippen LogP contribution in [0.15, 0.2) is 84.9 Å². The summed E-state index contributed by atoms with van der Waals surface area (Å²) in [6.45, 7) is 1.59. The van der Waals surface area contributed by atoms with Crippen LogP contribution in [-0.4, -0.2) is 48.6 Å². The quantitative estimate of drug-likeness (QED) is 0.550. The second-order valence-corrected chi connectivity index (χ2v) is 9.36. The summed E-state index contributed by atoms with van der Waals surface area (Å²) in [5.74, 6) is -0.746. The number of hydrogen-bond acceptors (Lipinski definition) is 3. The predicted octanol–water partition coefficient (Wildman–Crippen LogP) is 4.77. The van der Waals surface area contributed by atoms with Gasteiger partial charge in [0.2, 0.25) is 5.91 Å². The van der Waals surface area contributed by atoms with E-state index in [9.17, 15) is 14.0 Å². The first kappa shape index (κ1) is 23.2. The maximum Gasteiger partial charge on any atom is 0.253 e. The fraction of sp³-hybridized carbons (Fsp3) is 0.310. The average molecular weight is 473 g/mol. The third kappa shape index (κ3) is 4.98. The summed E-state index contributed by atoms with van der Waals surface area (Å²) in [7, 11) is 0. The maximum absolute atomic E-state index is 13.9. The van der Waals surface area contributed by atoms with E-state index in [1.54, 1.807) is 17.0 Å².